The first-order valence-corrected chi connectivity index (χ1v) is 6.32. The van der Waals surface area contributed by atoms with Crippen LogP contribution in [0.25, 0.3) is 0 Å². The second kappa shape index (κ2) is 5.25. The third-order valence-corrected chi connectivity index (χ3v) is 4.03. The molecule has 0 aromatic heterocycles. The Kier molecular flexibility index (Phi) is 3.95. The van der Waals surface area contributed by atoms with E-state index >= 15 is 0 Å². The van der Waals surface area contributed by atoms with Crippen LogP contribution in [-0.2, 0) is 4.79 Å². The Hall–Kier alpha value is -0.450. The normalized spacial score (nSPS) is 36.5. The second-order valence-electron chi connectivity index (χ2n) is 4.99. The number of piperidine rings is 1. The number of hydrogen-bond acceptors (Lipinski definition) is 4. The van der Waals surface area contributed by atoms with E-state index in [0.29, 0.717) is 6.04 Å². The van der Waals surface area contributed by atoms with Gasteiger partial charge in [-0.25, -0.2) is 0 Å². The highest BCUT2D eigenvalue weighted by Gasteiger charge is 2.37. The smallest absolute Gasteiger partial charge is 0.135 e. The van der Waals surface area contributed by atoms with Crippen LogP contribution in [0.4, 0.5) is 0 Å². The van der Waals surface area contributed by atoms with Crippen LogP contribution in [0, 0.1) is 5.92 Å². The molecule has 0 amide bonds. The first-order valence-electron chi connectivity index (χ1n) is 6.32. The Morgan fingerprint density at radius 2 is 2.31 bits per heavy atom. The third kappa shape index (κ3) is 2.29. The Bertz CT molecular complexity index is 257. The van der Waals surface area contributed by atoms with Crippen molar-refractivity contribution in [3.05, 3.63) is 0 Å². The highest BCUT2D eigenvalue weighted by atomic mass is 16.3. The van der Waals surface area contributed by atoms with Gasteiger partial charge in [-0.05, 0) is 39.3 Å². The van der Waals surface area contributed by atoms with Gasteiger partial charge < -0.3 is 10.4 Å². The number of aliphatic hydroxyl groups is 1. The summed E-state index contributed by atoms with van der Waals surface area (Å²) in [5.74, 6) is 0.390. The monoisotopic (exact) mass is 226 g/mol. The molecule has 0 bridgehead atoms. The van der Waals surface area contributed by atoms with E-state index in [4.69, 9.17) is 0 Å². The van der Waals surface area contributed by atoms with Crippen molar-refractivity contribution in [1.82, 2.24) is 10.2 Å². The van der Waals surface area contributed by atoms with E-state index < -0.39 is 0 Å². The molecule has 92 valence electrons. The number of aliphatic hydroxyl groups excluding tert-OH is 1. The van der Waals surface area contributed by atoms with Crippen LogP contribution in [0.5, 0.6) is 0 Å². The summed E-state index contributed by atoms with van der Waals surface area (Å²) in [6.45, 7) is 4.75. The molecule has 2 aliphatic heterocycles. The maximum atomic E-state index is 11.6. The number of carbonyl (C=O) groups excluding carboxylic acids is 1. The maximum absolute atomic E-state index is 11.6. The van der Waals surface area contributed by atoms with Gasteiger partial charge in [0, 0.05) is 24.5 Å². The predicted octanol–water partition coefficient (Wildman–Crippen LogP) is 0.0102. The van der Waals surface area contributed by atoms with E-state index in [1.165, 1.54) is 0 Å². The van der Waals surface area contributed by atoms with Crippen LogP contribution < -0.4 is 5.32 Å². The predicted molar refractivity (Wildman–Crippen MR) is 62.3 cm³/mol. The molecule has 2 rings (SSSR count). The van der Waals surface area contributed by atoms with Crippen molar-refractivity contribution in [1.29, 1.82) is 0 Å². The van der Waals surface area contributed by atoms with Gasteiger partial charge in [-0.1, -0.05) is 0 Å². The van der Waals surface area contributed by atoms with E-state index in [9.17, 15) is 9.90 Å². The molecule has 0 aromatic rings. The minimum atomic E-state index is 0.112. The molecule has 0 aliphatic carbocycles. The van der Waals surface area contributed by atoms with Crippen LogP contribution in [0.1, 0.15) is 26.2 Å². The SMILES string of the molecule is CC(=O)C1CNCCC1N1CCC[C@H]1CO. The molecule has 2 fully saturated rings. The topological polar surface area (TPSA) is 52.6 Å². The summed E-state index contributed by atoms with van der Waals surface area (Å²) < 4.78 is 0. The van der Waals surface area contributed by atoms with Crippen molar-refractivity contribution in [3.8, 4) is 0 Å². The summed E-state index contributed by atoms with van der Waals surface area (Å²) in [6.07, 6.45) is 3.26. The summed E-state index contributed by atoms with van der Waals surface area (Å²) in [5.41, 5.74) is 0. The molecular formula is C12H22N2O2. The lowest BCUT2D eigenvalue weighted by atomic mass is 9.88. The number of nitrogens with zero attached hydrogens (tertiary/aromatic N) is 1. The van der Waals surface area contributed by atoms with Gasteiger partial charge >= 0.3 is 0 Å². The van der Waals surface area contributed by atoms with Crippen LogP contribution in [0.15, 0.2) is 0 Å². The largest absolute Gasteiger partial charge is 0.395 e. The molecule has 0 aromatic carbocycles. The molecule has 0 radical (unpaired) electrons. The Morgan fingerprint density at radius 1 is 1.50 bits per heavy atom. The minimum absolute atomic E-state index is 0.112. The van der Waals surface area contributed by atoms with Crippen LogP contribution >= 0.6 is 0 Å². The zero-order valence-corrected chi connectivity index (χ0v) is 9.98. The quantitative estimate of drug-likeness (QED) is 0.712. The van der Waals surface area contributed by atoms with E-state index in [0.717, 1.165) is 38.9 Å². The first kappa shape index (κ1) is 12.0. The van der Waals surface area contributed by atoms with Gasteiger partial charge in [-0.2, -0.15) is 0 Å². The van der Waals surface area contributed by atoms with Crippen molar-refractivity contribution in [2.24, 2.45) is 5.92 Å². The lowest BCUT2D eigenvalue weighted by Gasteiger charge is -2.39. The number of rotatable bonds is 3. The van der Waals surface area contributed by atoms with Gasteiger partial charge in [-0.15, -0.1) is 0 Å². The van der Waals surface area contributed by atoms with E-state index in [1.54, 1.807) is 6.92 Å². The number of likely N-dealkylation sites (tertiary alicyclic amines) is 1. The molecule has 2 aliphatic rings. The van der Waals surface area contributed by atoms with Crippen LogP contribution in [-0.4, -0.2) is 54.1 Å². The fourth-order valence-corrected chi connectivity index (χ4v) is 3.15. The average Bonchev–Trinajstić information content (AvgIpc) is 2.76. The Balaban J connectivity index is 2.07. The van der Waals surface area contributed by atoms with Gasteiger partial charge in [-0.3, -0.25) is 9.69 Å². The molecule has 2 saturated heterocycles. The lowest BCUT2D eigenvalue weighted by Crippen LogP contribution is -2.53. The van der Waals surface area contributed by atoms with Crippen molar-refractivity contribution >= 4 is 5.78 Å². The molecule has 2 unspecified atom stereocenters. The Labute approximate surface area is 97.0 Å². The van der Waals surface area contributed by atoms with Gasteiger partial charge in [0.05, 0.1) is 6.61 Å². The first-order chi connectivity index (χ1) is 7.74. The summed E-state index contributed by atoms with van der Waals surface area (Å²) >= 11 is 0. The molecule has 3 atom stereocenters. The highest BCUT2D eigenvalue weighted by molar-refractivity contribution is 5.79. The standard InChI is InChI=1S/C12H22N2O2/c1-9(16)11-7-13-5-4-12(11)14-6-2-3-10(14)8-15/h10-13,15H,2-8H2,1H3/t10-,11?,12?/m0/s1. The van der Waals surface area contributed by atoms with E-state index in [-0.39, 0.29) is 24.3 Å². The van der Waals surface area contributed by atoms with Crippen molar-refractivity contribution in [3.63, 3.8) is 0 Å². The fourth-order valence-electron chi connectivity index (χ4n) is 3.15. The minimum Gasteiger partial charge on any atom is -0.395 e. The molecular weight excluding hydrogens is 204 g/mol. The van der Waals surface area contributed by atoms with Gasteiger partial charge in [0.15, 0.2) is 0 Å². The zero-order valence-electron chi connectivity index (χ0n) is 9.98. The summed E-state index contributed by atoms with van der Waals surface area (Å²) in [4.78, 5) is 14.0. The molecule has 4 heteroatoms. The zero-order chi connectivity index (χ0) is 11.5. The van der Waals surface area contributed by atoms with Gasteiger partial charge in [0.2, 0.25) is 0 Å². The lowest BCUT2D eigenvalue weighted by molar-refractivity contribution is -0.123. The number of nitrogens with one attached hydrogen (secondary N) is 1. The Morgan fingerprint density at radius 3 is 3.00 bits per heavy atom. The van der Waals surface area contributed by atoms with E-state index in [2.05, 4.69) is 10.2 Å². The average molecular weight is 226 g/mol. The van der Waals surface area contributed by atoms with Gasteiger partial charge in [0.25, 0.3) is 0 Å². The third-order valence-electron chi connectivity index (χ3n) is 4.03. The molecule has 0 saturated carbocycles. The molecule has 2 N–H and O–H groups in total. The van der Waals surface area contributed by atoms with Crippen molar-refractivity contribution < 1.29 is 9.90 Å². The second-order valence-corrected chi connectivity index (χ2v) is 4.99. The van der Waals surface area contributed by atoms with Gasteiger partial charge in [0.1, 0.15) is 5.78 Å². The fraction of sp³-hybridized carbons (Fsp3) is 0.917. The summed E-state index contributed by atoms with van der Waals surface area (Å²) in [7, 11) is 0. The van der Waals surface area contributed by atoms with E-state index in [1.807, 2.05) is 0 Å². The number of carbonyl (C=O) groups is 1. The van der Waals surface area contributed by atoms with Crippen molar-refractivity contribution in [2.45, 2.75) is 38.3 Å². The molecule has 4 nitrogen and oxygen atoms in total. The molecule has 2 heterocycles. The summed E-state index contributed by atoms with van der Waals surface area (Å²) in [5, 5.41) is 12.6. The summed E-state index contributed by atoms with van der Waals surface area (Å²) in [6, 6.07) is 0.628. The highest BCUT2D eigenvalue weighted by Crippen LogP contribution is 2.27. The number of hydrogen-bond donors (Lipinski definition) is 2. The van der Waals surface area contributed by atoms with Crippen LogP contribution in [0.2, 0.25) is 0 Å². The number of Topliss-reactive ketones (excluding diaryl/α,β-unsaturated/α-hetero) is 1. The molecule has 16 heavy (non-hydrogen) atoms. The maximum Gasteiger partial charge on any atom is 0.135 e. The van der Waals surface area contributed by atoms with Crippen molar-refractivity contribution in [2.75, 3.05) is 26.2 Å². The molecule has 0 spiro atoms. The van der Waals surface area contributed by atoms with Crippen LogP contribution in [0.3, 0.4) is 0 Å². The number of ketones is 1.